The molecule has 94 valence electrons. The molecule has 1 atom stereocenters. The summed E-state index contributed by atoms with van der Waals surface area (Å²) in [7, 11) is 0. The van der Waals surface area contributed by atoms with Gasteiger partial charge in [-0.1, -0.05) is 28.1 Å². The minimum Gasteiger partial charge on any atom is -0.459 e. The van der Waals surface area contributed by atoms with Gasteiger partial charge < -0.3 is 10.5 Å². The maximum Gasteiger partial charge on any atom is 0.328 e. The van der Waals surface area contributed by atoms with Crippen molar-refractivity contribution >= 4 is 21.9 Å². The Balaban J connectivity index is 2.97. The molecule has 0 saturated heterocycles. The third-order valence-electron chi connectivity index (χ3n) is 2.24. The molecule has 1 rings (SSSR count). The number of nitrogens with two attached hydrogens (primary N) is 1. The Kier molecular flexibility index (Phi) is 4.33. The van der Waals surface area contributed by atoms with Crippen molar-refractivity contribution in [2.24, 2.45) is 5.73 Å². The zero-order valence-electron chi connectivity index (χ0n) is 10.6. The van der Waals surface area contributed by atoms with Crippen molar-refractivity contribution < 1.29 is 9.53 Å². The Bertz CT molecular complexity index is 404. The number of hydrogen-bond donors (Lipinski definition) is 1. The van der Waals surface area contributed by atoms with Gasteiger partial charge >= 0.3 is 5.97 Å². The molecule has 0 heterocycles. The molecule has 0 aliphatic carbocycles. The van der Waals surface area contributed by atoms with E-state index in [4.69, 9.17) is 10.5 Å². The molecule has 0 aliphatic heterocycles. The van der Waals surface area contributed by atoms with E-state index in [1.807, 2.05) is 45.9 Å². The van der Waals surface area contributed by atoms with Crippen LogP contribution in [0.5, 0.6) is 0 Å². The zero-order valence-corrected chi connectivity index (χ0v) is 12.2. The smallest absolute Gasteiger partial charge is 0.328 e. The fourth-order valence-corrected chi connectivity index (χ4v) is 2.23. The first kappa shape index (κ1) is 14.2. The second-order valence-electron chi connectivity index (χ2n) is 4.98. The minimum atomic E-state index is -0.759. The van der Waals surface area contributed by atoms with Gasteiger partial charge in [0, 0.05) is 4.47 Å². The molecule has 2 N–H and O–H groups in total. The highest BCUT2D eigenvalue weighted by Crippen LogP contribution is 2.27. The maximum absolute atomic E-state index is 11.9. The highest BCUT2D eigenvalue weighted by atomic mass is 79.9. The van der Waals surface area contributed by atoms with Crippen molar-refractivity contribution in [1.29, 1.82) is 0 Å². The number of carbonyl (C=O) groups is 1. The summed E-state index contributed by atoms with van der Waals surface area (Å²) < 4.78 is 6.11. The van der Waals surface area contributed by atoms with Crippen LogP contribution < -0.4 is 5.73 Å². The second-order valence-corrected chi connectivity index (χ2v) is 5.84. The number of halogens is 1. The molecule has 0 bridgehead atoms. The summed E-state index contributed by atoms with van der Waals surface area (Å²) in [5.41, 5.74) is 7.17. The third-order valence-corrected chi connectivity index (χ3v) is 2.93. The second kappa shape index (κ2) is 5.19. The molecule has 0 fully saturated rings. The quantitative estimate of drug-likeness (QED) is 0.854. The molecule has 1 aromatic rings. The average Bonchev–Trinajstić information content (AvgIpc) is 2.14. The Hall–Kier alpha value is -0.870. The van der Waals surface area contributed by atoms with Gasteiger partial charge in [0.1, 0.15) is 11.6 Å². The summed E-state index contributed by atoms with van der Waals surface area (Å²) in [6, 6.07) is 4.94. The first-order chi connectivity index (χ1) is 7.72. The van der Waals surface area contributed by atoms with E-state index < -0.39 is 17.6 Å². The molecule has 0 amide bonds. The van der Waals surface area contributed by atoms with E-state index >= 15 is 0 Å². The van der Waals surface area contributed by atoms with Crippen molar-refractivity contribution in [2.45, 2.75) is 39.3 Å². The zero-order chi connectivity index (χ0) is 13.2. The van der Waals surface area contributed by atoms with Crippen LogP contribution in [0.3, 0.4) is 0 Å². The Morgan fingerprint density at radius 1 is 1.41 bits per heavy atom. The van der Waals surface area contributed by atoms with Crippen molar-refractivity contribution in [1.82, 2.24) is 0 Å². The van der Waals surface area contributed by atoms with Crippen LogP contribution in [0.4, 0.5) is 0 Å². The van der Waals surface area contributed by atoms with Crippen LogP contribution in [0.15, 0.2) is 22.7 Å². The van der Waals surface area contributed by atoms with Crippen molar-refractivity contribution in [2.75, 3.05) is 0 Å². The van der Waals surface area contributed by atoms with Crippen LogP contribution in [-0.2, 0) is 9.53 Å². The number of ether oxygens (including phenoxy) is 1. The molecule has 0 radical (unpaired) electrons. The molecular weight excluding hydrogens is 282 g/mol. The lowest BCUT2D eigenvalue weighted by atomic mass is 10.0. The molecular formula is C13H18BrNO2. The van der Waals surface area contributed by atoms with Gasteiger partial charge in [-0.3, -0.25) is 0 Å². The number of benzene rings is 1. The maximum atomic E-state index is 11.9. The van der Waals surface area contributed by atoms with Gasteiger partial charge in [0.25, 0.3) is 0 Å². The van der Waals surface area contributed by atoms with Crippen LogP contribution >= 0.6 is 15.9 Å². The van der Waals surface area contributed by atoms with Crippen molar-refractivity contribution in [3.05, 3.63) is 33.8 Å². The molecule has 4 heteroatoms. The number of rotatable bonds is 2. The van der Waals surface area contributed by atoms with E-state index in [-0.39, 0.29) is 0 Å². The fourth-order valence-electron chi connectivity index (χ4n) is 1.52. The Morgan fingerprint density at radius 2 is 2.00 bits per heavy atom. The van der Waals surface area contributed by atoms with Crippen molar-refractivity contribution in [3.63, 3.8) is 0 Å². The lowest BCUT2D eigenvalue weighted by Gasteiger charge is -2.23. The molecule has 0 aromatic heterocycles. The highest BCUT2D eigenvalue weighted by molar-refractivity contribution is 9.10. The molecule has 17 heavy (non-hydrogen) atoms. The van der Waals surface area contributed by atoms with Gasteiger partial charge in [-0.15, -0.1) is 0 Å². The molecule has 3 nitrogen and oxygen atoms in total. The fraction of sp³-hybridized carbons (Fsp3) is 0.462. The van der Waals surface area contributed by atoms with Crippen molar-refractivity contribution in [3.8, 4) is 0 Å². The van der Waals surface area contributed by atoms with E-state index in [0.717, 1.165) is 15.6 Å². The van der Waals surface area contributed by atoms with E-state index in [1.54, 1.807) is 0 Å². The van der Waals surface area contributed by atoms with E-state index in [1.165, 1.54) is 0 Å². The first-order valence-electron chi connectivity index (χ1n) is 5.46. The summed E-state index contributed by atoms with van der Waals surface area (Å²) in [6.07, 6.45) is 0. The molecule has 0 saturated carbocycles. The molecule has 0 spiro atoms. The highest BCUT2D eigenvalue weighted by Gasteiger charge is 2.25. The minimum absolute atomic E-state index is 0.410. The average molecular weight is 300 g/mol. The standard InChI is InChI=1S/C13H18BrNO2/c1-8-6-5-7-9(14)10(8)11(15)12(16)17-13(2,3)4/h5-7,11H,15H2,1-4H3. The van der Waals surface area contributed by atoms with Gasteiger partial charge in [-0.05, 0) is 44.9 Å². The van der Waals surface area contributed by atoms with Gasteiger partial charge in [0.05, 0.1) is 0 Å². The van der Waals surface area contributed by atoms with Crippen LogP contribution in [-0.4, -0.2) is 11.6 Å². The molecule has 1 aromatic carbocycles. The number of hydrogen-bond acceptors (Lipinski definition) is 3. The van der Waals surface area contributed by atoms with E-state index in [2.05, 4.69) is 15.9 Å². The summed E-state index contributed by atoms with van der Waals surface area (Å²) in [5, 5.41) is 0. The molecule has 0 aliphatic rings. The topological polar surface area (TPSA) is 52.3 Å². The summed E-state index contributed by atoms with van der Waals surface area (Å²) >= 11 is 3.41. The predicted octanol–water partition coefficient (Wildman–Crippen LogP) is 3.10. The number of carbonyl (C=O) groups excluding carboxylic acids is 1. The predicted molar refractivity (Wildman–Crippen MR) is 71.7 cm³/mol. The van der Waals surface area contributed by atoms with Gasteiger partial charge in [0.2, 0.25) is 0 Å². The largest absolute Gasteiger partial charge is 0.459 e. The number of aryl methyl sites for hydroxylation is 1. The summed E-state index contributed by atoms with van der Waals surface area (Å²) in [6.45, 7) is 7.39. The van der Waals surface area contributed by atoms with Gasteiger partial charge in [-0.25, -0.2) is 4.79 Å². The van der Waals surface area contributed by atoms with Gasteiger partial charge in [-0.2, -0.15) is 0 Å². The Labute approximate surface area is 110 Å². The Morgan fingerprint density at radius 3 is 2.47 bits per heavy atom. The number of esters is 1. The third kappa shape index (κ3) is 3.82. The van der Waals surface area contributed by atoms with Crippen LogP contribution in [0, 0.1) is 6.92 Å². The summed E-state index contributed by atoms with van der Waals surface area (Å²) in [5.74, 6) is -0.410. The normalized spacial score (nSPS) is 13.3. The first-order valence-corrected chi connectivity index (χ1v) is 6.25. The SMILES string of the molecule is Cc1cccc(Br)c1C(N)C(=O)OC(C)(C)C. The lowest BCUT2D eigenvalue weighted by molar-refractivity contribution is -0.156. The van der Waals surface area contributed by atoms with E-state index in [9.17, 15) is 4.79 Å². The van der Waals surface area contributed by atoms with E-state index in [0.29, 0.717) is 0 Å². The van der Waals surface area contributed by atoms with Crippen LogP contribution in [0.2, 0.25) is 0 Å². The monoisotopic (exact) mass is 299 g/mol. The van der Waals surface area contributed by atoms with Crippen LogP contribution in [0.1, 0.15) is 37.9 Å². The summed E-state index contributed by atoms with van der Waals surface area (Å²) in [4.78, 5) is 11.9. The molecule has 1 unspecified atom stereocenters. The lowest BCUT2D eigenvalue weighted by Crippen LogP contribution is -2.32. The van der Waals surface area contributed by atoms with Crippen LogP contribution in [0.25, 0.3) is 0 Å². The van der Waals surface area contributed by atoms with Gasteiger partial charge in [0.15, 0.2) is 0 Å².